The monoisotopic (exact) mass is 516 g/mol. The summed E-state index contributed by atoms with van der Waals surface area (Å²) in [5, 5.41) is 33.1. The molecule has 3 nitrogen and oxygen atoms in total. The lowest BCUT2D eigenvalue weighted by atomic mass is 9.78. The Morgan fingerprint density at radius 2 is 0.789 bits per heavy atom. The van der Waals surface area contributed by atoms with Gasteiger partial charge in [-0.15, -0.1) is 0 Å². The highest BCUT2D eigenvalue weighted by Crippen LogP contribution is 2.39. The van der Waals surface area contributed by atoms with E-state index in [1.54, 1.807) is 12.1 Å². The van der Waals surface area contributed by atoms with Crippen molar-refractivity contribution in [3.8, 4) is 17.2 Å². The molecule has 3 aromatic rings. The molecule has 0 amide bonds. The van der Waals surface area contributed by atoms with Crippen LogP contribution in [0.15, 0.2) is 48.5 Å². The molecule has 0 heterocycles. The minimum Gasteiger partial charge on any atom is -0.508 e. The van der Waals surface area contributed by atoms with Gasteiger partial charge in [0.1, 0.15) is 17.2 Å². The molecule has 0 aromatic heterocycles. The van der Waals surface area contributed by atoms with Crippen LogP contribution in [0.4, 0.5) is 0 Å². The zero-order chi connectivity index (χ0) is 28.5. The lowest BCUT2D eigenvalue weighted by Crippen LogP contribution is -2.17. The Kier molecular flexibility index (Phi) is 8.61. The fraction of sp³-hybridized carbons (Fsp3) is 0.486. The second kappa shape index (κ2) is 11.0. The van der Waals surface area contributed by atoms with Gasteiger partial charge in [-0.05, 0) is 86.6 Å². The van der Waals surface area contributed by atoms with Gasteiger partial charge in [0.25, 0.3) is 0 Å². The Morgan fingerprint density at radius 1 is 0.474 bits per heavy atom. The first kappa shape index (κ1) is 29.6. The van der Waals surface area contributed by atoms with Gasteiger partial charge in [-0.1, -0.05) is 98.7 Å². The molecular formula is C35H48O3. The Hall–Kier alpha value is -2.94. The van der Waals surface area contributed by atoms with Crippen LogP contribution < -0.4 is 0 Å². The van der Waals surface area contributed by atoms with Gasteiger partial charge in [-0.2, -0.15) is 0 Å². The minimum atomic E-state index is -0.0839. The largest absolute Gasteiger partial charge is 0.508 e. The fourth-order valence-electron chi connectivity index (χ4n) is 4.74. The van der Waals surface area contributed by atoms with Crippen molar-refractivity contribution in [3.05, 3.63) is 87.5 Å². The van der Waals surface area contributed by atoms with Gasteiger partial charge in [0.05, 0.1) is 0 Å². The van der Waals surface area contributed by atoms with Gasteiger partial charge in [0, 0.05) is 12.8 Å². The van der Waals surface area contributed by atoms with Crippen molar-refractivity contribution in [1.82, 2.24) is 0 Å². The van der Waals surface area contributed by atoms with Gasteiger partial charge in [-0.3, -0.25) is 0 Å². The summed E-state index contributed by atoms with van der Waals surface area (Å²) in [6, 6.07) is 15.9. The Balaban J connectivity index is 2.14. The van der Waals surface area contributed by atoms with Gasteiger partial charge < -0.3 is 15.3 Å². The lowest BCUT2D eigenvalue weighted by Gasteiger charge is -2.27. The van der Waals surface area contributed by atoms with E-state index < -0.39 is 0 Å². The molecule has 0 bridgehead atoms. The number of benzene rings is 3. The Labute approximate surface area is 230 Å². The quantitative estimate of drug-likeness (QED) is 0.252. The molecule has 3 rings (SSSR count). The molecule has 0 saturated heterocycles. The third kappa shape index (κ3) is 6.20. The van der Waals surface area contributed by atoms with Crippen molar-refractivity contribution in [2.45, 2.75) is 111 Å². The number of phenolic OH excluding ortho intramolecular Hbond substituents is 3. The second-order valence-electron chi connectivity index (χ2n) is 12.9. The third-order valence-electron chi connectivity index (χ3n) is 9.18. The summed E-state index contributed by atoms with van der Waals surface area (Å²) in [4.78, 5) is 0. The van der Waals surface area contributed by atoms with Crippen LogP contribution in [0.5, 0.6) is 17.2 Å². The van der Waals surface area contributed by atoms with Crippen molar-refractivity contribution in [1.29, 1.82) is 0 Å². The molecule has 206 valence electrons. The molecule has 0 fully saturated rings. The first-order valence-corrected chi connectivity index (χ1v) is 14.1. The standard InChI is InChI=1S/C35H48O3/c1-10-33(4,5)27-13-15-30(36)23(19-27)17-25-21-29(35(8,9)12-3)22-26(32(25)38)18-24-20-28(14-16-31(24)37)34(6,7)11-2/h13-16,19-22,36-38H,10-12,17-18H2,1-9H3. The van der Waals surface area contributed by atoms with E-state index in [0.29, 0.717) is 12.8 Å². The summed E-state index contributed by atoms with van der Waals surface area (Å²) in [6.45, 7) is 19.8. The molecule has 38 heavy (non-hydrogen) atoms. The van der Waals surface area contributed by atoms with E-state index in [1.807, 2.05) is 12.1 Å². The minimum absolute atomic E-state index is 0.00346. The van der Waals surface area contributed by atoms with Crippen LogP contribution >= 0.6 is 0 Å². The number of rotatable bonds is 10. The number of aromatic hydroxyl groups is 3. The highest BCUT2D eigenvalue weighted by molar-refractivity contribution is 5.53. The molecule has 3 heteroatoms. The molecule has 0 aliphatic heterocycles. The van der Waals surface area contributed by atoms with Gasteiger partial charge in [-0.25, -0.2) is 0 Å². The van der Waals surface area contributed by atoms with E-state index in [4.69, 9.17) is 0 Å². The van der Waals surface area contributed by atoms with Crippen molar-refractivity contribution in [2.24, 2.45) is 0 Å². The molecular weight excluding hydrogens is 468 g/mol. The predicted octanol–water partition coefficient (Wildman–Crippen LogP) is 9.05. The van der Waals surface area contributed by atoms with E-state index in [2.05, 4.69) is 86.6 Å². The molecule has 0 saturated carbocycles. The summed E-state index contributed by atoms with van der Waals surface area (Å²) in [5.41, 5.74) is 6.63. The maximum Gasteiger partial charge on any atom is 0.122 e. The molecule has 0 spiro atoms. The van der Waals surface area contributed by atoms with Crippen LogP contribution in [-0.2, 0) is 29.1 Å². The first-order chi connectivity index (χ1) is 17.6. The van der Waals surface area contributed by atoms with E-state index >= 15 is 0 Å². The first-order valence-electron chi connectivity index (χ1n) is 14.1. The normalized spacial score (nSPS) is 12.7. The molecule has 3 aromatic carbocycles. The number of phenols is 3. The van der Waals surface area contributed by atoms with Crippen molar-refractivity contribution < 1.29 is 15.3 Å². The Bertz CT molecular complexity index is 1190. The van der Waals surface area contributed by atoms with Crippen molar-refractivity contribution >= 4 is 0 Å². The summed E-state index contributed by atoms with van der Waals surface area (Å²) >= 11 is 0. The van der Waals surface area contributed by atoms with Crippen LogP contribution in [0.1, 0.15) is 121 Å². The SMILES string of the molecule is CCC(C)(C)c1ccc(O)c(Cc2cc(C(C)(C)CC)cc(Cc3cc(C(C)(C)CC)ccc3O)c2O)c1. The summed E-state index contributed by atoms with van der Waals surface area (Å²) < 4.78 is 0. The summed E-state index contributed by atoms with van der Waals surface area (Å²) in [5.74, 6) is 0.725. The van der Waals surface area contributed by atoms with Gasteiger partial charge >= 0.3 is 0 Å². The van der Waals surface area contributed by atoms with E-state index in [1.165, 1.54) is 11.1 Å². The van der Waals surface area contributed by atoms with E-state index in [0.717, 1.165) is 47.1 Å². The van der Waals surface area contributed by atoms with Gasteiger partial charge in [0.15, 0.2) is 0 Å². The van der Waals surface area contributed by atoms with E-state index in [9.17, 15) is 15.3 Å². The molecule has 0 aliphatic rings. The third-order valence-corrected chi connectivity index (χ3v) is 9.18. The summed E-state index contributed by atoms with van der Waals surface area (Å²) in [7, 11) is 0. The van der Waals surface area contributed by atoms with Crippen LogP contribution in [-0.4, -0.2) is 15.3 Å². The van der Waals surface area contributed by atoms with Crippen LogP contribution in [0, 0.1) is 0 Å². The zero-order valence-electron chi connectivity index (χ0n) is 25.0. The highest BCUT2D eigenvalue weighted by Gasteiger charge is 2.25. The topological polar surface area (TPSA) is 60.7 Å². The number of hydrogen-bond acceptors (Lipinski definition) is 3. The maximum atomic E-state index is 11.5. The van der Waals surface area contributed by atoms with Crippen LogP contribution in [0.25, 0.3) is 0 Å². The van der Waals surface area contributed by atoms with E-state index in [-0.39, 0.29) is 33.5 Å². The van der Waals surface area contributed by atoms with Gasteiger partial charge in [0.2, 0.25) is 0 Å². The molecule has 3 N–H and O–H groups in total. The molecule has 0 atom stereocenters. The Morgan fingerprint density at radius 3 is 1.13 bits per heavy atom. The lowest BCUT2D eigenvalue weighted by molar-refractivity contribution is 0.452. The summed E-state index contributed by atoms with van der Waals surface area (Å²) in [6.07, 6.45) is 3.80. The highest BCUT2D eigenvalue weighted by atomic mass is 16.3. The maximum absolute atomic E-state index is 11.5. The van der Waals surface area contributed by atoms with Crippen molar-refractivity contribution in [3.63, 3.8) is 0 Å². The molecule has 0 radical (unpaired) electrons. The smallest absolute Gasteiger partial charge is 0.122 e. The fourth-order valence-corrected chi connectivity index (χ4v) is 4.74. The molecule has 0 unspecified atom stereocenters. The van der Waals surface area contributed by atoms with Crippen LogP contribution in [0.3, 0.4) is 0 Å². The van der Waals surface area contributed by atoms with Crippen molar-refractivity contribution in [2.75, 3.05) is 0 Å². The van der Waals surface area contributed by atoms with Crippen LogP contribution in [0.2, 0.25) is 0 Å². The second-order valence-corrected chi connectivity index (χ2v) is 12.9. The predicted molar refractivity (Wildman–Crippen MR) is 160 cm³/mol. The number of hydrogen-bond donors (Lipinski definition) is 3. The average molecular weight is 517 g/mol. The molecule has 0 aliphatic carbocycles. The average Bonchev–Trinajstić information content (AvgIpc) is 2.88. The zero-order valence-corrected chi connectivity index (χ0v) is 25.0.